The van der Waals surface area contributed by atoms with Gasteiger partial charge in [0.15, 0.2) is 0 Å². The Morgan fingerprint density at radius 3 is 2.25 bits per heavy atom. The summed E-state index contributed by atoms with van der Waals surface area (Å²) in [4.78, 5) is 10.7. The Morgan fingerprint density at radius 2 is 1.61 bits per heavy atom. The summed E-state index contributed by atoms with van der Waals surface area (Å²) in [5, 5.41) is 18.5. The minimum atomic E-state index is -0.792. The van der Waals surface area contributed by atoms with Gasteiger partial charge in [-0.05, 0) is 84.0 Å². The lowest BCUT2D eigenvalue weighted by Crippen LogP contribution is -1.98. The van der Waals surface area contributed by atoms with Gasteiger partial charge in [0.2, 0.25) is 0 Å². The number of hydrogen-bond acceptors (Lipinski definition) is 3. The molecule has 0 fully saturated rings. The highest BCUT2D eigenvalue weighted by atomic mass is 16.5. The van der Waals surface area contributed by atoms with E-state index in [0.29, 0.717) is 13.0 Å². The summed E-state index contributed by atoms with van der Waals surface area (Å²) in [6.45, 7) is 4.44. The van der Waals surface area contributed by atoms with E-state index in [4.69, 9.17) is 9.84 Å². The molecular formula is C24H24O4. The van der Waals surface area contributed by atoms with Crippen molar-refractivity contribution < 1.29 is 19.7 Å². The molecule has 0 aliphatic rings. The molecule has 0 heterocycles. The lowest BCUT2D eigenvalue weighted by Gasteiger charge is -2.13. The van der Waals surface area contributed by atoms with E-state index in [-0.39, 0.29) is 12.2 Å². The Bertz CT molecular complexity index is 951. The molecule has 3 rings (SSSR count). The van der Waals surface area contributed by atoms with Crippen LogP contribution in [0.1, 0.15) is 28.7 Å². The molecule has 0 unspecified atom stereocenters. The molecule has 0 aliphatic carbocycles. The summed E-state index contributed by atoms with van der Waals surface area (Å²) < 4.78 is 5.89. The van der Waals surface area contributed by atoms with Crippen LogP contribution in [0.2, 0.25) is 0 Å². The standard InChI is InChI=1S/C24H24O4/c1-16-12-21(25)13-17(2)24(16)20-5-3-4-19(14-20)15-28-22-9-6-18(7-10-22)8-11-23(26)27/h3-7,9-10,12-14,25H,8,11,15H2,1-2H3,(H,26,27). The van der Waals surface area contributed by atoms with Gasteiger partial charge in [0.25, 0.3) is 0 Å². The third kappa shape index (κ3) is 4.92. The fraction of sp³-hybridized carbons (Fsp3) is 0.208. The molecule has 0 radical (unpaired) electrons. The van der Waals surface area contributed by atoms with Crippen LogP contribution in [-0.2, 0) is 17.8 Å². The van der Waals surface area contributed by atoms with Crippen LogP contribution in [0.5, 0.6) is 11.5 Å². The number of hydrogen-bond donors (Lipinski definition) is 2. The van der Waals surface area contributed by atoms with Gasteiger partial charge >= 0.3 is 5.97 Å². The highest BCUT2D eigenvalue weighted by molar-refractivity contribution is 5.72. The Balaban J connectivity index is 1.69. The SMILES string of the molecule is Cc1cc(O)cc(C)c1-c1cccc(COc2ccc(CCC(=O)O)cc2)c1. The van der Waals surface area contributed by atoms with Crippen molar-refractivity contribution in [3.05, 3.63) is 82.9 Å². The number of rotatable bonds is 7. The van der Waals surface area contributed by atoms with Crippen molar-refractivity contribution >= 4 is 5.97 Å². The van der Waals surface area contributed by atoms with Crippen LogP contribution in [0, 0.1) is 13.8 Å². The first kappa shape index (κ1) is 19.5. The summed E-state index contributed by atoms with van der Waals surface area (Å²) in [5.41, 5.74) is 6.33. The molecule has 0 aliphatic heterocycles. The first-order valence-electron chi connectivity index (χ1n) is 9.25. The van der Waals surface area contributed by atoms with Gasteiger partial charge < -0.3 is 14.9 Å². The van der Waals surface area contributed by atoms with Crippen molar-refractivity contribution in [1.29, 1.82) is 0 Å². The van der Waals surface area contributed by atoms with E-state index in [1.807, 2.05) is 50.2 Å². The number of carbonyl (C=O) groups is 1. The Kier molecular flexibility index (Phi) is 5.99. The van der Waals surface area contributed by atoms with Crippen LogP contribution in [-0.4, -0.2) is 16.2 Å². The second-order valence-corrected chi connectivity index (χ2v) is 6.98. The second-order valence-electron chi connectivity index (χ2n) is 6.98. The predicted molar refractivity (Wildman–Crippen MR) is 110 cm³/mol. The maximum Gasteiger partial charge on any atom is 0.303 e. The molecule has 28 heavy (non-hydrogen) atoms. The van der Waals surface area contributed by atoms with Gasteiger partial charge in [-0.15, -0.1) is 0 Å². The van der Waals surface area contributed by atoms with Gasteiger partial charge in [0, 0.05) is 6.42 Å². The number of aliphatic carboxylic acids is 1. The molecule has 0 spiro atoms. The number of ether oxygens (including phenoxy) is 1. The van der Waals surface area contributed by atoms with Crippen LogP contribution in [0.3, 0.4) is 0 Å². The highest BCUT2D eigenvalue weighted by Crippen LogP contribution is 2.31. The fourth-order valence-electron chi connectivity index (χ4n) is 3.38. The van der Waals surface area contributed by atoms with E-state index >= 15 is 0 Å². The zero-order chi connectivity index (χ0) is 20.1. The van der Waals surface area contributed by atoms with E-state index in [1.165, 1.54) is 0 Å². The topological polar surface area (TPSA) is 66.8 Å². The molecule has 0 saturated heterocycles. The number of phenolic OH excluding ortho intramolecular Hbond substituents is 1. The third-order valence-electron chi connectivity index (χ3n) is 4.69. The van der Waals surface area contributed by atoms with Crippen molar-refractivity contribution in [3.8, 4) is 22.6 Å². The van der Waals surface area contributed by atoms with E-state index in [9.17, 15) is 9.90 Å². The molecule has 4 heteroatoms. The fourth-order valence-corrected chi connectivity index (χ4v) is 3.38. The summed E-state index contributed by atoms with van der Waals surface area (Å²) in [7, 11) is 0. The first-order chi connectivity index (χ1) is 13.4. The number of carboxylic acids is 1. The number of aryl methyl sites for hydroxylation is 3. The molecule has 144 valence electrons. The second kappa shape index (κ2) is 8.61. The van der Waals surface area contributed by atoms with Crippen molar-refractivity contribution in [2.45, 2.75) is 33.3 Å². The Hall–Kier alpha value is -3.27. The van der Waals surface area contributed by atoms with E-state index in [2.05, 4.69) is 12.1 Å². The zero-order valence-electron chi connectivity index (χ0n) is 16.1. The van der Waals surface area contributed by atoms with E-state index in [0.717, 1.165) is 39.1 Å². The minimum absolute atomic E-state index is 0.128. The average Bonchev–Trinajstić information content (AvgIpc) is 2.65. The number of phenols is 1. The lowest BCUT2D eigenvalue weighted by atomic mass is 9.94. The van der Waals surface area contributed by atoms with Gasteiger partial charge in [-0.1, -0.05) is 30.3 Å². The molecule has 4 nitrogen and oxygen atoms in total. The van der Waals surface area contributed by atoms with Gasteiger partial charge in [-0.3, -0.25) is 4.79 Å². The monoisotopic (exact) mass is 376 g/mol. The number of aromatic hydroxyl groups is 1. The third-order valence-corrected chi connectivity index (χ3v) is 4.69. The summed E-state index contributed by atoms with van der Waals surface area (Å²) in [6, 6.07) is 19.3. The van der Waals surface area contributed by atoms with Gasteiger partial charge in [0.05, 0.1) is 0 Å². The molecule has 0 aromatic heterocycles. The summed E-state index contributed by atoms with van der Waals surface area (Å²) in [5.74, 6) is 0.242. The van der Waals surface area contributed by atoms with Gasteiger partial charge in [-0.2, -0.15) is 0 Å². The molecule has 0 atom stereocenters. The largest absolute Gasteiger partial charge is 0.508 e. The molecule has 3 aromatic carbocycles. The van der Waals surface area contributed by atoms with Crippen LogP contribution < -0.4 is 4.74 Å². The first-order valence-corrected chi connectivity index (χ1v) is 9.25. The highest BCUT2D eigenvalue weighted by Gasteiger charge is 2.08. The summed E-state index contributed by atoms with van der Waals surface area (Å²) >= 11 is 0. The van der Waals surface area contributed by atoms with E-state index in [1.54, 1.807) is 12.1 Å². The molecule has 2 N–H and O–H groups in total. The van der Waals surface area contributed by atoms with Crippen molar-refractivity contribution in [3.63, 3.8) is 0 Å². The van der Waals surface area contributed by atoms with E-state index < -0.39 is 5.97 Å². The predicted octanol–water partition coefficient (Wildman–Crippen LogP) is 5.27. The molecule has 0 saturated carbocycles. The molecule has 0 amide bonds. The normalized spacial score (nSPS) is 10.6. The smallest absolute Gasteiger partial charge is 0.303 e. The van der Waals surface area contributed by atoms with Gasteiger partial charge in [0.1, 0.15) is 18.1 Å². The van der Waals surface area contributed by atoms with Crippen LogP contribution >= 0.6 is 0 Å². The minimum Gasteiger partial charge on any atom is -0.508 e. The number of carboxylic acid groups (broad SMARTS) is 1. The van der Waals surface area contributed by atoms with Crippen LogP contribution in [0.4, 0.5) is 0 Å². The number of benzene rings is 3. The van der Waals surface area contributed by atoms with Crippen LogP contribution in [0.25, 0.3) is 11.1 Å². The quantitative estimate of drug-likeness (QED) is 0.589. The maximum atomic E-state index is 10.7. The molecule has 0 bridgehead atoms. The van der Waals surface area contributed by atoms with Crippen LogP contribution in [0.15, 0.2) is 60.7 Å². The van der Waals surface area contributed by atoms with Crippen molar-refractivity contribution in [2.24, 2.45) is 0 Å². The van der Waals surface area contributed by atoms with Crippen molar-refractivity contribution in [2.75, 3.05) is 0 Å². The molecular weight excluding hydrogens is 352 g/mol. The van der Waals surface area contributed by atoms with Crippen molar-refractivity contribution in [1.82, 2.24) is 0 Å². The van der Waals surface area contributed by atoms with Gasteiger partial charge in [-0.25, -0.2) is 0 Å². The maximum absolute atomic E-state index is 10.7. The average molecular weight is 376 g/mol. The lowest BCUT2D eigenvalue weighted by molar-refractivity contribution is -0.136. The Morgan fingerprint density at radius 1 is 0.929 bits per heavy atom. The molecule has 3 aromatic rings. The zero-order valence-corrected chi connectivity index (χ0v) is 16.1. The Labute approximate surface area is 165 Å². The summed E-state index contributed by atoms with van der Waals surface area (Å²) in [6.07, 6.45) is 0.645.